The van der Waals surface area contributed by atoms with Crippen LogP contribution in [0.25, 0.3) is 10.9 Å². The summed E-state index contributed by atoms with van der Waals surface area (Å²) in [5, 5.41) is 8.78. The molecule has 0 bridgehead atoms. The molecule has 6 heteroatoms. The average molecular weight is 329 g/mol. The van der Waals surface area contributed by atoms with Gasteiger partial charge in [-0.15, -0.1) is 0 Å². The zero-order valence-corrected chi connectivity index (χ0v) is 13.6. The monoisotopic (exact) mass is 328 g/mol. The van der Waals surface area contributed by atoms with Gasteiger partial charge in [-0.05, 0) is 49.7 Å². The minimum atomic E-state index is -0.479. The van der Waals surface area contributed by atoms with Gasteiger partial charge in [0.25, 0.3) is 0 Å². The molecule has 3 rings (SSSR count). The molecule has 3 aromatic rings. The summed E-state index contributed by atoms with van der Waals surface area (Å²) in [6.45, 7) is 3.66. The van der Waals surface area contributed by atoms with Gasteiger partial charge in [-0.3, -0.25) is 9.48 Å². The Morgan fingerprint density at radius 3 is 2.91 bits per heavy atom. The van der Waals surface area contributed by atoms with E-state index in [9.17, 15) is 4.79 Å². The van der Waals surface area contributed by atoms with Gasteiger partial charge in [0, 0.05) is 21.8 Å². The van der Waals surface area contributed by atoms with E-state index in [0.29, 0.717) is 16.4 Å². The Bertz CT molecular complexity index is 887. The van der Waals surface area contributed by atoms with Crippen LogP contribution in [0, 0.1) is 6.92 Å². The SMILES string of the molecule is Cc1c(Cl)cccc1NC(=O)C(C)n1ncc2ccc(N)cc21. The summed E-state index contributed by atoms with van der Waals surface area (Å²) in [4.78, 5) is 12.6. The number of anilines is 2. The van der Waals surface area contributed by atoms with Gasteiger partial charge < -0.3 is 11.1 Å². The number of hydrogen-bond acceptors (Lipinski definition) is 3. The maximum atomic E-state index is 12.6. The summed E-state index contributed by atoms with van der Waals surface area (Å²) >= 11 is 6.09. The molecular formula is C17H17ClN4O. The molecule has 0 aliphatic carbocycles. The van der Waals surface area contributed by atoms with Crippen LogP contribution in [0.3, 0.4) is 0 Å². The summed E-state index contributed by atoms with van der Waals surface area (Å²) in [5.74, 6) is -0.164. The molecule has 0 saturated heterocycles. The first kappa shape index (κ1) is 15.4. The maximum Gasteiger partial charge on any atom is 0.248 e. The third-order valence-corrected chi connectivity index (χ3v) is 4.30. The molecule has 118 valence electrons. The van der Waals surface area contributed by atoms with Crippen molar-refractivity contribution in [1.29, 1.82) is 0 Å². The number of amides is 1. The van der Waals surface area contributed by atoms with Crippen LogP contribution in [0.15, 0.2) is 42.6 Å². The largest absolute Gasteiger partial charge is 0.399 e. The minimum absolute atomic E-state index is 0.164. The summed E-state index contributed by atoms with van der Waals surface area (Å²) in [5.41, 5.74) is 8.83. The lowest BCUT2D eigenvalue weighted by atomic mass is 10.2. The highest BCUT2D eigenvalue weighted by atomic mass is 35.5. The Kier molecular flexibility index (Phi) is 3.96. The second kappa shape index (κ2) is 5.93. The van der Waals surface area contributed by atoms with Crippen LogP contribution in [-0.4, -0.2) is 15.7 Å². The molecule has 0 spiro atoms. The van der Waals surface area contributed by atoms with Crippen LogP contribution in [0.4, 0.5) is 11.4 Å². The van der Waals surface area contributed by atoms with E-state index in [1.807, 2.05) is 31.2 Å². The zero-order valence-electron chi connectivity index (χ0n) is 12.9. The lowest BCUT2D eigenvalue weighted by Gasteiger charge is -2.15. The Labute approximate surface area is 139 Å². The van der Waals surface area contributed by atoms with Gasteiger partial charge in [-0.25, -0.2) is 0 Å². The average Bonchev–Trinajstić information content (AvgIpc) is 2.94. The van der Waals surface area contributed by atoms with Crippen LogP contribution >= 0.6 is 11.6 Å². The molecule has 1 atom stereocenters. The normalized spacial score (nSPS) is 12.3. The first-order valence-corrected chi connectivity index (χ1v) is 7.64. The molecule has 23 heavy (non-hydrogen) atoms. The highest BCUT2D eigenvalue weighted by molar-refractivity contribution is 6.31. The second-order valence-electron chi connectivity index (χ2n) is 5.49. The molecule has 1 aromatic heterocycles. The predicted octanol–water partition coefficient (Wildman–Crippen LogP) is 3.78. The fourth-order valence-corrected chi connectivity index (χ4v) is 2.63. The number of hydrogen-bond donors (Lipinski definition) is 2. The lowest BCUT2D eigenvalue weighted by molar-refractivity contribution is -0.119. The van der Waals surface area contributed by atoms with Gasteiger partial charge in [-0.2, -0.15) is 5.10 Å². The van der Waals surface area contributed by atoms with E-state index >= 15 is 0 Å². The number of aromatic nitrogens is 2. The van der Waals surface area contributed by atoms with Gasteiger partial charge in [0.2, 0.25) is 5.91 Å². The van der Waals surface area contributed by atoms with Crippen molar-refractivity contribution in [3.8, 4) is 0 Å². The number of fused-ring (bicyclic) bond motifs is 1. The van der Waals surface area contributed by atoms with Gasteiger partial charge in [0.15, 0.2) is 0 Å². The van der Waals surface area contributed by atoms with Crippen LogP contribution in [-0.2, 0) is 4.79 Å². The molecule has 0 radical (unpaired) electrons. The van der Waals surface area contributed by atoms with Crippen molar-refractivity contribution in [3.05, 3.63) is 53.2 Å². The second-order valence-corrected chi connectivity index (χ2v) is 5.89. The van der Waals surface area contributed by atoms with Gasteiger partial charge in [0.1, 0.15) is 6.04 Å². The van der Waals surface area contributed by atoms with E-state index in [1.165, 1.54) is 0 Å². The Morgan fingerprint density at radius 1 is 1.35 bits per heavy atom. The number of nitrogens with one attached hydrogen (secondary N) is 1. The number of nitrogens with zero attached hydrogens (tertiary/aromatic N) is 2. The summed E-state index contributed by atoms with van der Waals surface area (Å²) < 4.78 is 1.67. The molecule has 1 heterocycles. The van der Waals surface area contributed by atoms with E-state index in [0.717, 1.165) is 16.5 Å². The van der Waals surface area contributed by atoms with Crippen molar-refractivity contribution in [3.63, 3.8) is 0 Å². The Balaban J connectivity index is 1.89. The van der Waals surface area contributed by atoms with Gasteiger partial charge in [0.05, 0.1) is 11.7 Å². The molecule has 1 amide bonds. The molecule has 0 aliphatic heterocycles. The molecule has 1 unspecified atom stereocenters. The Hall–Kier alpha value is -2.53. The number of carbonyl (C=O) groups is 1. The number of rotatable bonds is 3. The van der Waals surface area contributed by atoms with Crippen molar-refractivity contribution < 1.29 is 4.79 Å². The Morgan fingerprint density at radius 2 is 2.13 bits per heavy atom. The van der Waals surface area contributed by atoms with Crippen LogP contribution in [0.1, 0.15) is 18.5 Å². The maximum absolute atomic E-state index is 12.6. The first-order valence-electron chi connectivity index (χ1n) is 7.26. The first-order chi connectivity index (χ1) is 11.0. The number of nitrogen functional groups attached to an aromatic ring is 1. The van der Waals surface area contributed by atoms with Crippen LogP contribution in [0.5, 0.6) is 0 Å². The highest BCUT2D eigenvalue weighted by Crippen LogP contribution is 2.25. The van der Waals surface area contributed by atoms with Crippen molar-refractivity contribution in [2.75, 3.05) is 11.1 Å². The van der Waals surface area contributed by atoms with E-state index in [2.05, 4.69) is 10.4 Å². The molecule has 3 N–H and O–H groups in total. The summed E-state index contributed by atoms with van der Waals surface area (Å²) in [6.07, 6.45) is 1.73. The molecule has 5 nitrogen and oxygen atoms in total. The third kappa shape index (κ3) is 2.87. The number of halogens is 1. The van der Waals surface area contributed by atoms with Crippen molar-refractivity contribution in [1.82, 2.24) is 9.78 Å². The summed E-state index contributed by atoms with van der Waals surface area (Å²) in [7, 11) is 0. The molecule has 0 saturated carbocycles. The lowest BCUT2D eigenvalue weighted by Crippen LogP contribution is -2.24. The fourth-order valence-electron chi connectivity index (χ4n) is 2.45. The number of benzene rings is 2. The number of carbonyl (C=O) groups excluding carboxylic acids is 1. The molecular weight excluding hydrogens is 312 g/mol. The predicted molar refractivity (Wildman–Crippen MR) is 93.7 cm³/mol. The highest BCUT2D eigenvalue weighted by Gasteiger charge is 2.19. The van der Waals surface area contributed by atoms with Crippen molar-refractivity contribution >= 4 is 39.8 Å². The van der Waals surface area contributed by atoms with E-state index < -0.39 is 6.04 Å². The fraction of sp³-hybridized carbons (Fsp3) is 0.176. The molecule has 2 aromatic carbocycles. The third-order valence-electron chi connectivity index (χ3n) is 3.89. The quantitative estimate of drug-likeness (QED) is 0.719. The standard InChI is InChI=1S/C17H17ClN4O/c1-10-14(18)4-3-5-15(10)21-17(23)11(2)22-16-8-13(19)7-6-12(16)9-20-22/h3-9,11H,19H2,1-2H3,(H,21,23). The topological polar surface area (TPSA) is 72.9 Å². The van der Waals surface area contributed by atoms with Crippen LogP contribution < -0.4 is 11.1 Å². The van der Waals surface area contributed by atoms with Crippen LogP contribution in [0.2, 0.25) is 5.02 Å². The molecule has 0 aliphatic rings. The van der Waals surface area contributed by atoms with Gasteiger partial charge in [-0.1, -0.05) is 17.7 Å². The summed E-state index contributed by atoms with van der Waals surface area (Å²) in [6, 6.07) is 10.5. The smallest absolute Gasteiger partial charge is 0.248 e. The molecule has 0 fully saturated rings. The van der Waals surface area contributed by atoms with Crippen molar-refractivity contribution in [2.24, 2.45) is 0 Å². The minimum Gasteiger partial charge on any atom is -0.399 e. The zero-order chi connectivity index (χ0) is 16.6. The van der Waals surface area contributed by atoms with Gasteiger partial charge >= 0.3 is 0 Å². The van der Waals surface area contributed by atoms with Crippen molar-refractivity contribution in [2.45, 2.75) is 19.9 Å². The number of nitrogens with two attached hydrogens (primary N) is 1. The van der Waals surface area contributed by atoms with E-state index in [-0.39, 0.29) is 5.91 Å². The van der Waals surface area contributed by atoms with E-state index in [1.54, 1.807) is 29.9 Å². The van der Waals surface area contributed by atoms with E-state index in [4.69, 9.17) is 17.3 Å².